The molecule has 4 rings (SSSR count). The number of allylic oxidation sites excluding steroid dienone is 2. The van der Waals surface area contributed by atoms with E-state index in [2.05, 4.69) is 0 Å². The molecule has 11 nitrogen and oxygen atoms in total. The minimum absolute atomic E-state index is 0.0384. The van der Waals surface area contributed by atoms with Crippen LogP contribution in [0.2, 0.25) is 0 Å². The van der Waals surface area contributed by atoms with Gasteiger partial charge in [-0.1, -0.05) is 11.6 Å². The first-order valence-electron chi connectivity index (χ1n) is 11.5. The molecule has 2 heterocycles. The van der Waals surface area contributed by atoms with Crippen LogP contribution in [0, 0.1) is 0 Å². The first kappa shape index (κ1) is 26.5. The molecule has 0 bridgehead atoms. The van der Waals surface area contributed by atoms with Gasteiger partial charge in [0.05, 0.1) is 6.61 Å². The summed E-state index contributed by atoms with van der Waals surface area (Å²) in [6.07, 6.45) is -5.86. The summed E-state index contributed by atoms with van der Waals surface area (Å²) in [5.74, 6) is -1.65. The zero-order valence-electron chi connectivity index (χ0n) is 20.0. The summed E-state index contributed by atoms with van der Waals surface area (Å²) in [5, 5.41) is 70.7. The van der Waals surface area contributed by atoms with Crippen LogP contribution < -0.4 is 10.2 Å². The van der Waals surface area contributed by atoms with Crippen LogP contribution in [0.3, 0.4) is 0 Å². The SMILES string of the molecule is CC(C)=CCc1c(O[C@@H]2OC(CO)[C@@H](O)[C@H](O)C2O)cc(O)c2c(=O)c(O)c(-c3ccc(O)cc3)oc12. The number of rotatable bonds is 6. The number of aromatic hydroxyl groups is 3. The number of benzene rings is 2. The maximum Gasteiger partial charge on any atom is 0.238 e. The Bertz CT molecular complexity index is 1370. The molecule has 0 saturated carbocycles. The topological polar surface area (TPSA) is 190 Å². The van der Waals surface area contributed by atoms with E-state index in [0.29, 0.717) is 0 Å². The molecule has 11 heteroatoms. The second kappa shape index (κ2) is 10.4. The van der Waals surface area contributed by atoms with Gasteiger partial charge in [0.15, 0.2) is 5.76 Å². The van der Waals surface area contributed by atoms with Crippen LogP contribution in [0.15, 0.2) is 51.2 Å². The lowest BCUT2D eigenvalue weighted by Gasteiger charge is -2.39. The van der Waals surface area contributed by atoms with Crippen molar-refractivity contribution in [1.82, 2.24) is 0 Å². The van der Waals surface area contributed by atoms with Crippen molar-refractivity contribution in [1.29, 1.82) is 0 Å². The van der Waals surface area contributed by atoms with Crippen molar-refractivity contribution in [2.75, 3.05) is 6.61 Å². The Morgan fingerprint density at radius 3 is 2.32 bits per heavy atom. The molecule has 0 spiro atoms. The minimum Gasteiger partial charge on any atom is -0.508 e. The van der Waals surface area contributed by atoms with Crippen LogP contribution in [0.4, 0.5) is 0 Å². The molecule has 37 heavy (non-hydrogen) atoms. The molecule has 2 unspecified atom stereocenters. The fraction of sp³-hybridized carbons (Fsp3) is 0.346. The number of phenolic OH excluding ortho intramolecular Hbond substituents is 2. The van der Waals surface area contributed by atoms with Crippen molar-refractivity contribution in [2.24, 2.45) is 0 Å². The van der Waals surface area contributed by atoms with Gasteiger partial charge in [-0.2, -0.15) is 0 Å². The van der Waals surface area contributed by atoms with Crippen LogP contribution in [-0.4, -0.2) is 73.1 Å². The van der Waals surface area contributed by atoms with Crippen molar-refractivity contribution in [3.63, 3.8) is 0 Å². The molecule has 7 N–H and O–H groups in total. The third kappa shape index (κ3) is 4.99. The lowest BCUT2D eigenvalue weighted by molar-refractivity contribution is -0.277. The smallest absolute Gasteiger partial charge is 0.238 e. The molecular weight excluding hydrogens is 488 g/mol. The molecule has 198 valence electrons. The van der Waals surface area contributed by atoms with Gasteiger partial charge in [0.2, 0.25) is 17.5 Å². The Morgan fingerprint density at radius 2 is 1.70 bits per heavy atom. The summed E-state index contributed by atoms with van der Waals surface area (Å²) < 4.78 is 17.2. The highest BCUT2D eigenvalue weighted by Gasteiger charge is 2.45. The third-order valence-corrected chi connectivity index (χ3v) is 6.12. The Hall–Kier alpha value is -3.61. The highest BCUT2D eigenvalue weighted by atomic mass is 16.7. The number of aliphatic hydroxyl groups is 4. The van der Waals surface area contributed by atoms with Gasteiger partial charge in [-0.3, -0.25) is 4.79 Å². The van der Waals surface area contributed by atoms with Gasteiger partial charge in [-0.05, 0) is 44.5 Å². The first-order chi connectivity index (χ1) is 17.5. The molecule has 3 aromatic rings. The van der Waals surface area contributed by atoms with Crippen molar-refractivity contribution in [3.05, 3.63) is 57.8 Å². The zero-order chi connectivity index (χ0) is 27.0. The molecule has 5 atom stereocenters. The number of hydrogen-bond donors (Lipinski definition) is 7. The first-order valence-corrected chi connectivity index (χ1v) is 11.5. The van der Waals surface area contributed by atoms with Gasteiger partial charge in [0.1, 0.15) is 52.6 Å². The van der Waals surface area contributed by atoms with E-state index >= 15 is 0 Å². The summed E-state index contributed by atoms with van der Waals surface area (Å²) in [7, 11) is 0. The number of phenols is 2. The highest BCUT2D eigenvalue weighted by molar-refractivity contribution is 5.91. The van der Waals surface area contributed by atoms with Crippen LogP contribution in [0.25, 0.3) is 22.3 Å². The zero-order valence-corrected chi connectivity index (χ0v) is 20.0. The molecule has 1 aliphatic heterocycles. The van der Waals surface area contributed by atoms with E-state index in [1.165, 1.54) is 24.3 Å². The molecule has 1 fully saturated rings. The predicted octanol–water partition coefficient (Wildman–Crippen LogP) is 1.26. The van der Waals surface area contributed by atoms with Crippen LogP contribution in [0.1, 0.15) is 19.4 Å². The summed E-state index contributed by atoms with van der Waals surface area (Å²) in [6, 6.07) is 6.65. The fourth-order valence-electron chi connectivity index (χ4n) is 4.07. The predicted molar refractivity (Wildman–Crippen MR) is 130 cm³/mol. The average Bonchev–Trinajstić information content (AvgIpc) is 2.86. The van der Waals surface area contributed by atoms with Crippen molar-refractivity contribution in [2.45, 2.75) is 51.0 Å². The van der Waals surface area contributed by atoms with Gasteiger partial charge in [0, 0.05) is 17.2 Å². The largest absolute Gasteiger partial charge is 0.508 e. The van der Waals surface area contributed by atoms with E-state index in [1.807, 2.05) is 13.8 Å². The Kier molecular flexibility index (Phi) is 7.44. The van der Waals surface area contributed by atoms with Gasteiger partial charge in [-0.25, -0.2) is 0 Å². The number of fused-ring (bicyclic) bond motifs is 1. The average molecular weight is 516 g/mol. The van der Waals surface area contributed by atoms with E-state index in [4.69, 9.17) is 13.9 Å². The van der Waals surface area contributed by atoms with E-state index in [9.17, 15) is 40.5 Å². The van der Waals surface area contributed by atoms with Gasteiger partial charge in [0.25, 0.3) is 0 Å². The van der Waals surface area contributed by atoms with E-state index in [-0.39, 0.29) is 45.8 Å². The van der Waals surface area contributed by atoms with Crippen LogP contribution >= 0.6 is 0 Å². The number of aliphatic hydroxyl groups excluding tert-OH is 4. The van der Waals surface area contributed by atoms with E-state index < -0.39 is 54.2 Å². The lowest BCUT2D eigenvalue weighted by Crippen LogP contribution is -2.60. The van der Waals surface area contributed by atoms with Gasteiger partial charge < -0.3 is 49.6 Å². The molecule has 0 aliphatic carbocycles. The van der Waals surface area contributed by atoms with Gasteiger partial charge in [-0.15, -0.1) is 0 Å². The Morgan fingerprint density at radius 1 is 1.03 bits per heavy atom. The van der Waals surface area contributed by atoms with E-state index in [0.717, 1.165) is 11.6 Å². The van der Waals surface area contributed by atoms with Crippen molar-refractivity contribution < 1.29 is 49.6 Å². The maximum absolute atomic E-state index is 13.1. The molecule has 1 aliphatic rings. The quantitative estimate of drug-likeness (QED) is 0.234. The Labute approximate surface area is 210 Å². The van der Waals surface area contributed by atoms with Crippen molar-refractivity contribution >= 4 is 11.0 Å². The summed E-state index contributed by atoms with van der Waals surface area (Å²) in [5.41, 5.74) is 0.424. The monoisotopic (exact) mass is 516 g/mol. The lowest BCUT2D eigenvalue weighted by atomic mass is 9.99. The molecule has 0 amide bonds. The van der Waals surface area contributed by atoms with Crippen molar-refractivity contribution in [3.8, 4) is 34.3 Å². The van der Waals surface area contributed by atoms with E-state index in [1.54, 1.807) is 6.08 Å². The number of hydrogen-bond acceptors (Lipinski definition) is 11. The Balaban J connectivity index is 1.91. The summed E-state index contributed by atoms with van der Waals surface area (Å²) >= 11 is 0. The maximum atomic E-state index is 13.1. The third-order valence-electron chi connectivity index (χ3n) is 6.12. The molecule has 1 aromatic heterocycles. The molecular formula is C26H28O11. The summed E-state index contributed by atoms with van der Waals surface area (Å²) in [6.45, 7) is 3.01. The minimum atomic E-state index is -1.72. The van der Waals surface area contributed by atoms with Gasteiger partial charge >= 0.3 is 0 Å². The molecule has 0 radical (unpaired) electrons. The molecule has 2 aromatic carbocycles. The van der Waals surface area contributed by atoms with Crippen LogP contribution in [0.5, 0.6) is 23.0 Å². The highest BCUT2D eigenvalue weighted by Crippen LogP contribution is 2.40. The fourth-order valence-corrected chi connectivity index (χ4v) is 4.07. The molecule has 1 saturated heterocycles. The van der Waals surface area contributed by atoms with Crippen LogP contribution in [-0.2, 0) is 11.2 Å². The second-order valence-electron chi connectivity index (χ2n) is 9.03. The standard InChI is InChI=1S/C26H28O11/c1-11(2)3-8-14-16(35-26-23(34)21(32)19(30)17(10-27)36-26)9-15(29)18-20(31)22(33)24(37-25(14)18)12-4-6-13(28)7-5-12/h3-7,9,17,19,21,23,26-30,32-34H,8,10H2,1-2H3/t17?,19-,21+,23?,26-/m1/s1. The second-order valence-corrected chi connectivity index (χ2v) is 9.03. The normalized spacial score (nSPS) is 23.7. The summed E-state index contributed by atoms with van der Waals surface area (Å²) in [4.78, 5) is 13.1. The number of ether oxygens (including phenoxy) is 2.